The van der Waals surface area contributed by atoms with Crippen LogP contribution in [0.4, 0.5) is 0 Å². The topological polar surface area (TPSA) is 161 Å². The van der Waals surface area contributed by atoms with Crippen LogP contribution in [-0.2, 0) is 20.7 Å². The summed E-state index contributed by atoms with van der Waals surface area (Å²) < 4.78 is 29.0. The number of methoxy groups -OCH3 is 4. The van der Waals surface area contributed by atoms with Crippen molar-refractivity contribution in [2.24, 2.45) is 0 Å². The van der Waals surface area contributed by atoms with E-state index in [2.05, 4.69) is 0 Å². The van der Waals surface area contributed by atoms with Crippen LogP contribution in [0.5, 0.6) is 23.0 Å². The summed E-state index contributed by atoms with van der Waals surface area (Å²) in [7, 11) is 5.35. The molecule has 214 valence electrons. The summed E-state index contributed by atoms with van der Waals surface area (Å²) in [5.74, 6) is -3.56. The Morgan fingerprint density at radius 1 is 0.829 bits per heavy atom. The fourth-order valence-electron chi connectivity index (χ4n) is 8.11. The summed E-state index contributed by atoms with van der Waals surface area (Å²) in [6.45, 7) is 3.05. The summed E-state index contributed by atoms with van der Waals surface area (Å²) in [6.07, 6.45) is -2.00. The molecule has 2 bridgehead atoms. The molecule has 5 atom stereocenters. The van der Waals surface area contributed by atoms with Crippen LogP contribution < -0.4 is 30.3 Å². The summed E-state index contributed by atoms with van der Waals surface area (Å²) in [5, 5.41) is 49.4. The van der Waals surface area contributed by atoms with Gasteiger partial charge in [0.25, 0.3) is 0 Å². The van der Waals surface area contributed by atoms with E-state index < -0.39 is 51.4 Å². The van der Waals surface area contributed by atoms with E-state index in [-0.39, 0.29) is 56.0 Å². The predicted molar refractivity (Wildman–Crippen MR) is 147 cm³/mol. The molecule has 1 saturated heterocycles. The highest BCUT2D eigenvalue weighted by atomic mass is 16.7. The van der Waals surface area contributed by atoms with Gasteiger partial charge in [-0.3, -0.25) is 9.59 Å². The van der Waals surface area contributed by atoms with Crippen LogP contribution in [-0.4, -0.2) is 66.7 Å². The maximum absolute atomic E-state index is 13.7. The number of aromatic hydroxyl groups is 1. The van der Waals surface area contributed by atoms with Gasteiger partial charge in [-0.2, -0.15) is 0 Å². The van der Waals surface area contributed by atoms with Gasteiger partial charge in [-0.25, -0.2) is 0 Å². The quantitative estimate of drug-likeness (QED) is 0.210. The van der Waals surface area contributed by atoms with Crippen molar-refractivity contribution in [3.05, 3.63) is 48.9 Å². The molecule has 1 fully saturated rings. The van der Waals surface area contributed by atoms with Crippen LogP contribution in [0, 0.1) is 0 Å². The van der Waals surface area contributed by atoms with Gasteiger partial charge in [0.2, 0.25) is 5.79 Å². The molecule has 0 saturated carbocycles. The molecule has 0 unspecified atom stereocenters. The maximum Gasteiger partial charge on any atom is 0.227 e. The first-order valence-corrected chi connectivity index (χ1v) is 13.0. The molecule has 1 spiro atoms. The van der Waals surface area contributed by atoms with Crippen molar-refractivity contribution in [2.45, 2.75) is 49.3 Å². The van der Waals surface area contributed by atoms with Crippen LogP contribution in [0.1, 0.15) is 31.4 Å². The van der Waals surface area contributed by atoms with Gasteiger partial charge in [0.05, 0.1) is 49.0 Å². The summed E-state index contributed by atoms with van der Waals surface area (Å²) >= 11 is 0. The lowest BCUT2D eigenvalue weighted by Crippen LogP contribution is -2.75. The summed E-state index contributed by atoms with van der Waals surface area (Å²) in [5.41, 5.74) is -4.79. The predicted octanol–water partition coefficient (Wildman–Crippen LogP) is 1.41. The third-order valence-electron chi connectivity index (χ3n) is 9.57. The van der Waals surface area contributed by atoms with Crippen molar-refractivity contribution < 1.29 is 44.1 Å². The molecule has 4 N–H and O–H groups in total. The average molecular weight is 565 g/mol. The molecule has 0 amide bonds. The van der Waals surface area contributed by atoms with Crippen molar-refractivity contribution in [2.75, 3.05) is 28.4 Å². The highest BCUT2D eigenvalue weighted by Crippen LogP contribution is 2.68. The Kier molecular flexibility index (Phi) is 4.88. The van der Waals surface area contributed by atoms with Crippen molar-refractivity contribution >= 4 is 38.1 Å². The molecule has 7 rings (SSSR count). The Labute approximate surface area is 232 Å². The van der Waals surface area contributed by atoms with Gasteiger partial charge in [0, 0.05) is 46.2 Å². The number of hydrogen-bond acceptors (Lipinski definition) is 11. The van der Waals surface area contributed by atoms with Crippen molar-refractivity contribution in [1.82, 2.24) is 0 Å². The zero-order valence-electron chi connectivity index (χ0n) is 23.2. The number of benzene rings is 4. The Morgan fingerprint density at radius 3 is 2.02 bits per heavy atom. The average Bonchev–Trinajstić information content (AvgIpc) is 2.91. The standard InChI is InChI=1S/C30H28O11/c1-10-9-29-22-20-16(25(34)27(29)40-6)12(32)8-14(38-4)18(20)17-13(37-3)7-11(31)15-19(17)21(22)23(26(39-5)24(15)33)30(36,41-10)28(29,2)35/h7-8,10,27,33-36H,9H2,1-6H3/t10-,27+,28-,29+,30-/m0/s1. The molecular weight excluding hydrogens is 536 g/mol. The van der Waals surface area contributed by atoms with E-state index in [1.807, 2.05) is 0 Å². The number of phenols is 1. The monoisotopic (exact) mass is 564 g/mol. The molecule has 2 aliphatic carbocycles. The smallest absolute Gasteiger partial charge is 0.227 e. The zero-order valence-corrected chi connectivity index (χ0v) is 23.2. The van der Waals surface area contributed by atoms with Gasteiger partial charge in [0.1, 0.15) is 29.0 Å². The lowest BCUT2D eigenvalue weighted by molar-refractivity contribution is -0.376. The second kappa shape index (κ2) is 7.68. The largest absolute Gasteiger partial charge is 0.509 e. The minimum Gasteiger partial charge on any atom is -0.509 e. The SMILES string of the molecule is COc1c2c3c4c5c(c(=O)cc(OC)c5c5c(OC)cc(=O)c(c1O)c35)=C(O)[C@@H](OC)[C@@]41C[C@H](C)O[C@]2(O)[C@@]1(C)O. The fourth-order valence-corrected chi connectivity index (χ4v) is 8.11. The van der Waals surface area contributed by atoms with E-state index >= 15 is 0 Å². The number of phenolic OH excluding ortho intramolecular Hbond substituents is 1. The second-order valence-corrected chi connectivity index (χ2v) is 11.2. The van der Waals surface area contributed by atoms with Crippen LogP contribution in [0.15, 0.2) is 21.7 Å². The number of ether oxygens (including phenoxy) is 5. The van der Waals surface area contributed by atoms with Crippen molar-refractivity contribution in [3.8, 4) is 23.0 Å². The molecule has 41 heavy (non-hydrogen) atoms. The third kappa shape index (κ3) is 2.48. The molecule has 0 radical (unpaired) electrons. The van der Waals surface area contributed by atoms with Crippen molar-refractivity contribution in [3.63, 3.8) is 0 Å². The van der Waals surface area contributed by atoms with Gasteiger partial charge in [-0.05, 0) is 25.8 Å². The zero-order chi connectivity index (χ0) is 29.5. The Hall–Kier alpha value is -3.90. The summed E-state index contributed by atoms with van der Waals surface area (Å²) in [6, 6.07) is 2.43. The van der Waals surface area contributed by atoms with E-state index in [0.717, 1.165) is 0 Å². The Balaban J connectivity index is 2.02. The van der Waals surface area contributed by atoms with Crippen LogP contribution in [0.25, 0.3) is 38.1 Å². The molecule has 4 aromatic rings. The van der Waals surface area contributed by atoms with Crippen LogP contribution >= 0.6 is 0 Å². The number of rotatable bonds is 4. The molecule has 1 heterocycles. The van der Waals surface area contributed by atoms with Gasteiger partial charge in [-0.1, -0.05) is 0 Å². The van der Waals surface area contributed by atoms with Crippen molar-refractivity contribution in [1.29, 1.82) is 0 Å². The molecule has 1 aliphatic heterocycles. The van der Waals surface area contributed by atoms with E-state index in [9.17, 15) is 30.0 Å². The Morgan fingerprint density at radius 2 is 1.44 bits per heavy atom. The van der Waals surface area contributed by atoms with E-state index in [1.165, 1.54) is 47.5 Å². The van der Waals surface area contributed by atoms with E-state index in [0.29, 0.717) is 16.3 Å². The van der Waals surface area contributed by atoms with Gasteiger partial charge in [-0.15, -0.1) is 0 Å². The highest BCUT2D eigenvalue weighted by molar-refractivity contribution is 6.30. The first-order chi connectivity index (χ1) is 19.4. The lowest BCUT2D eigenvalue weighted by Gasteiger charge is -2.63. The molecule has 11 nitrogen and oxygen atoms in total. The molecule has 4 aromatic carbocycles. The summed E-state index contributed by atoms with van der Waals surface area (Å²) in [4.78, 5) is 27.2. The van der Waals surface area contributed by atoms with Gasteiger partial charge >= 0.3 is 0 Å². The second-order valence-electron chi connectivity index (χ2n) is 11.2. The first-order valence-electron chi connectivity index (χ1n) is 13.0. The fraction of sp³-hybridized carbons (Fsp3) is 0.400. The van der Waals surface area contributed by atoms with Gasteiger partial charge < -0.3 is 44.1 Å². The minimum atomic E-state index is -2.53. The number of aliphatic hydroxyl groups is 3. The number of fused-ring (bicyclic) bond motifs is 3. The van der Waals surface area contributed by atoms with Crippen LogP contribution in [0.2, 0.25) is 0 Å². The van der Waals surface area contributed by atoms with Gasteiger partial charge in [0.15, 0.2) is 22.4 Å². The van der Waals surface area contributed by atoms with E-state index in [4.69, 9.17) is 23.7 Å². The Bertz CT molecular complexity index is 2030. The lowest BCUT2D eigenvalue weighted by atomic mass is 9.49. The first kappa shape index (κ1) is 26.0. The highest BCUT2D eigenvalue weighted by Gasteiger charge is 2.74. The molecule has 0 aromatic heterocycles. The molecule has 3 aliphatic rings. The number of aliphatic hydroxyl groups excluding tert-OH is 1. The van der Waals surface area contributed by atoms with E-state index in [1.54, 1.807) is 6.92 Å². The third-order valence-corrected chi connectivity index (χ3v) is 9.57. The molecular formula is C30H28O11. The molecule has 11 heteroatoms. The van der Waals surface area contributed by atoms with Crippen LogP contribution in [0.3, 0.4) is 0 Å². The normalized spacial score (nSPS) is 30.0. The minimum absolute atomic E-state index is 0.0398. The number of hydrogen-bond donors (Lipinski definition) is 4. The maximum atomic E-state index is 13.7.